The average molecular weight is 330 g/mol. The molecule has 0 unspecified atom stereocenters. The molecule has 3 rings (SSSR count). The standard InChI is InChI=1S/C15H14N4O3S/c1-10-14(11-3-5-12(6-4-11)23(2,21)22)18-19(15(10)20)13-9-16-7-8-17-13/h3-9,20H,1-2H3. The van der Waals surface area contributed by atoms with Gasteiger partial charge in [0.1, 0.15) is 0 Å². The third-order valence-electron chi connectivity index (χ3n) is 3.41. The zero-order valence-electron chi connectivity index (χ0n) is 12.5. The molecule has 1 N–H and O–H groups in total. The van der Waals surface area contributed by atoms with Crippen LogP contribution in [0.25, 0.3) is 17.1 Å². The van der Waals surface area contributed by atoms with Crippen molar-refractivity contribution in [2.75, 3.05) is 6.26 Å². The fraction of sp³-hybridized carbons (Fsp3) is 0.133. The minimum Gasteiger partial charge on any atom is -0.493 e. The van der Waals surface area contributed by atoms with Crippen LogP contribution in [0.1, 0.15) is 5.56 Å². The molecule has 0 fully saturated rings. The number of sulfone groups is 1. The molecule has 1 aromatic carbocycles. The first-order valence-corrected chi connectivity index (χ1v) is 8.62. The van der Waals surface area contributed by atoms with E-state index in [9.17, 15) is 13.5 Å². The van der Waals surface area contributed by atoms with Crippen LogP contribution in [0.15, 0.2) is 47.8 Å². The maximum atomic E-state index is 11.5. The van der Waals surface area contributed by atoms with E-state index in [4.69, 9.17) is 0 Å². The van der Waals surface area contributed by atoms with E-state index in [0.29, 0.717) is 22.6 Å². The number of nitrogens with zero attached hydrogens (tertiary/aromatic N) is 4. The molecular weight excluding hydrogens is 316 g/mol. The van der Waals surface area contributed by atoms with Gasteiger partial charge in [0, 0.05) is 29.8 Å². The summed E-state index contributed by atoms with van der Waals surface area (Å²) in [4.78, 5) is 8.29. The van der Waals surface area contributed by atoms with E-state index >= 15 is 0 Å². The molecule has 0 saturated heterocycles. The van der Waals surface area contributed by atoms with Gasteiger partial charge in [-0.15, -0.1) is 0 Å². The van der Waals surface area contributed by atoms with Crippen molar-refractivity contribution >= 4 is 9.84 Å². The SMILES string of the molecule is Cc1c(-c2ccc(S(C)(=O)=O)cc2)nn(-c2cnccn2)c1O. The van der Waals surface area contributed by atoms with E-state index in [1.807, 2.05) is 0 Å². The highest BCUT2D eigenvalue weighted by Gasteiger charge is 2.17. The second kappa shape index (κ2) is 5.47. The summed E-state index contributed by atoms with van der Waals surface area (Å²) < 4.78 is 24.3. The normalized spacial score (nSPS) is 11.6. The maximum absolute atomic E-state index is 11.5. The van der Waals surface area contributed by atoms with Gasteiger partial charge in [0.15, 0.2) is 15.7 Å². The molecule has 0 aliphatic heterocycles. The maximum Gasteiger partial charge on any atom is 0.219 e. The Labute approximate surface area is 133 Å². The molecule has 0 bridgehead atoms. The van der Waals surface area contributed by atoms with Gasteiger partial charge in [-0.1, -0.05) is 12.1 Å². The van der Waals surface area contributed by atoms with Gasteiger partial charge in [-0.25, -0.2) is 13.4 Å². The first kappa shape index (κ1) is 15.2. The van der Waals surface area contributed by atoms with Gasteiger partial charge >= 0.3 is 0 Å². The second-order valence-electron chi connectivity index (χ2n) is 5.07. The second-order valence-corrected chi connectivity index (χ2v) is 7.08. The monoisotopic (exact) mass is 330 g/mol. The summed E-state index contributed by atoms with van der Waals surface area (Å²) >= 11 is 0. The van der Waals surface area contributed by atoms with Crippen LogP contribution in [-0.4, -0.2) is 39.5 Å². The lowest BCUT2D eigenvalue weighted by atomic mass is 10.1. The first-order valence-electron chi connectivity index (χ1n) is 6.73. The van der Waals surface area contributed by atoms with Crippen LogP contribution in [-0.2, 0) is 9.84 Å². The van der Waals surface area contributed by atoms with Crippen molar-refractivity contribution in [3.8, 4) is 23.0 Å². The fourth-order valence-electron chi connectivity index (χ4n) is 2.18. The molecule has 3 aromatic rings. The van der Waals surface area contributed by atoms with Crippen molar-refractivity contribution in [1.82, 2.24) is 19.7 Å². The summed E-state index contributed by atoms with van der Waals surface area (Å²) in [7, 11) is -3.25. The number of aromatic hydroxyl groups is 1. The molecule has 118 valence electrons. The molecule has 7 nitrogen and oxygen atoms in total. The van der Waals surface area contributed by atoms with E-state index in [1.165, 1.54) is 35.4 Å². The van der Waals surface area contributed by atoms with E-state index in [0.717, 1.165) is 6.26 Å². The summed E-state index contributed by atoms with van der Waals surface area (Å²) in [6, 6.07) is 6.35. The van der Waals surface area contributed by atoms with Gasteiger partial charge in [0.05, 0.1) is 16.8 Å². The predicted octanol–water partition coefficient (Wildman–Crippen LogP) is 1.75. The summed E-state index contributed by atoms with van der Waals surface area (Å²) in [5.41, 5.74) is 1.82. The van der Waals surface area contributed by atoms with Crippen LogP contribution in [0.3, 0.4) is 0 Å². The summed E-state index contributed by atoms with van der Waals surface area (Å²) in [5.74, 6) is 0.361. The Hall–Kier alpha value is -2.74. The molecule has 0 amide bonds. The quantitative estimate of drug-likeness (QED) is 0.785. The zero-order valence-corrected chi connectivity index (χ0v) is 13.3. The van der Waals surface area contributed by atoms with Crippen molar-refractivity contribution in [2.45, 2.75) is 11.8 Å². The largest absolute Gasteiger partial charge is 0.493 e. The van der Waals surface area contributed by atoms with Gasteiger partial charge in [0.25, 0.3) is 0 Å². The minimum atomic E-state index is -3.25. The molecule has 0 atom stereocenters. The lowest BCUT2D eigenvalue weighted by Crippen LogP contribution is -1.99. The Bertz CT molecular complexity index is 948. The highest BCUT2D eigenvalue weighted by Crippen LogP contribution is 2.30. The van der Waals surface area contributed by atoms with E-state index in [-0.39, 0.29) is 10.8 Å². The molecule has 23 heavy (non-hydrogen) atoms. The fourth-order valence-corrected chi connectivity index (χ4v) is 2.81. The van der Waals surface area contributed by atoms with Crippen LogP contribution in [0, 0.1) is 6.92 Å². The first-order chi connectivity index (χ1) is 10.9. The van der Waals surface area contributed by atoms with Crippen molar-refractivity contribution in [3.63, 3.8) is 0 Å². The lowest BCUT2D eigenvalue weighted by molar-refractivity contribution is 0.428. The molecule has 0 spiro atoms. The predicted molar refractivity (Wildman–Crippen MR) is 84.1 cm³/mol. The third kappa shape index (κ3) is 2.80. The third-order valence-corrected chi connectivity index (χ3v) is 4.54. The highest BCUT2D eigenvalue weighted by atomic mass is 32.2. The topological polar surface area (TPSA) is 98.0 Å². The van der Waals surface area contributed by atoms with E-state index < -0.39 is 9.84 Å². The molecule has 0 radical (unpaired) electrons. The van der Waals surface area contributed by atoms with Gasteiger partial charge in [0.2, 0.25) is 5.88 Å². The van der Waals surface area contributed by atoms with Gasteiger partial charge in [-0.3, -0.25) is 4.98 Å². The van der Waals surface area contributed by atoms with Crippen LogP contribution in [0.2, 0.25) is 0 Å². The van der Waals surface area contributed by atoms with Crippen molar-refractivity contribution in [2.24, 2.45) is 0 Å². The molecule has 0 aliphatic rings. The van der Waals surface area contributed by atoms with Crippen LogP contribution < -0.4 is 0 Å². The number of rotatable bonds is 3. The van der Waals surface area contributed by atoms with Gasteiger partial charge < -0.3 is 5.11 Å². The van der Waals surface area contributed by atoms with Crippen molar-refractivity contribution < 1.29 is 13.5 Å². The Balaban J connectivity index is 2.08. The minimum absolute atomic E-state index is 0.0345. The molecule has 2 heterocycles. The highest BCUT2D eigenvalue weighted by molar-refractivity contribution is 7.90. The number of benzene rings is 1. The zero-order chi connectivity index (χ0) is 16.6. The summed E-state index contributed by atoms with van der Waals surface area (Å²) in [6.07, 6.45) is 5.68. The molecule has 0 aliphatic carbocycles. The van der Waals surface area contributed by atoms with Crippen LogP contribution in [0.4, 0.5) is 0 Å². The Kier molecular flexibility index (Phi) is 3.61. The average Bonchev–Trinajstić information content (AvgIpc) is 2.84. The van der Waals surface area contributed by atoms with Crippen molar-refractivity contribution in [1.29, 1.82) is 0 Å². The molecule has 8 heteroatoms. The van der Waals surface area contributed by atoms with Crippen LogP contribution >= 0.6 is 0 Å². The smallest absolute Gasteiger partial charge is 0.219 e. The van der Waals surface area contributed by atoms with Gasteiger partial charge in [-0.05, 0) is 19.1 Å². The van der Waals surface area contributed by atoms with Crippen LogP contribution in [0.5, 0.6) is 5.88 Å². The molecular formula is C15H14N4O3S. The van der Waals surface area contributed by atoms with E-state index in [1.54, 1.807) is 19.1 Å². The Morgan fingerprint density at radius 3 is 2.39 bits per heavy atom. The Morgan fingerprint density at radius 1 is 1.13 bits per heavy atom. The summed E-state index contributed by atoms with van der Waals surface area (Å²) in [5, 5.41) is 14.6. The molecule has 0 saturated carbocycles. The number of hydrogen-bond donors (Lipinski definition) is 1. The number of hydrogen-bond acceptors (Lipinski definition) is 6. The number of aromatic nitrogens is 4. The van der Waals surface area contributed by atoms with Gasteiger partial charge in [-0.2, -0.15) is 9.78 Å². The van der Waals surface area contributed by atoms with E-state index in [2.05, 4.69) is 15.1 Å². The molecule has 2 aromatic heterocycles. The summed E-state index contributed by atoms with van der Waals surface area (Å²) in [6.45, 7) is 1.73. The Morgan fingerprint density at radius 2 is 1.83 bits per heavy atom. The van der Waals surface area contributed by atoms with Crippen molar-refractivity contribution in [3.05, 3.63) is 48.4 Å². The lowest BCUT2D eigenvalue weighted by Gasteiger charge is -2.01.